The highest BCUT2D eigenvalue weighted by Crippen LogP contribution is 2.34. The lowest BCUT2D eigenvalue weighted by Crippen LogP contribution is -2.32. The number of imide groups is 1. The normalized spacial score (nSPS) is 14.2. The first-order valence-corrected chi connectivity index (χ1v) is 8.62. The Hall–Kier alpha value is -2.79. The van der Waals surface area contributed by atoms with E-state index in [1.165, 1.54) is 12.0 Å². The Kier molecular flexibility index (Phi) is 5.00. The lowest BCUT2D eigenvalue weighted by atomic mass is 10.0. The summed E-state index contributed by atoms with van der Waals surface area (Å²) in [5.41, 5.74) is 2.86. The molecule has 0 fully saturated rings. The molecule has 1 heterocycles. The maximum absolute atomic E-state index is 12.8. The molecule has 0 atom stereocenters. The van der Waals surface area contributed by atoms with Gasteiger partial charge in [0.25, 0.3) is 11.8 Å². The van der Waals surface area contributed by atoms with Crippen LogP contribution < -0.4 is 10.1 Å². The second kappa shape index (κ2) is 7.22. The molecule has 0 aliphatic carbocycles. The zero-order chi connectivity index (χ0) is 18.8. The van der Waals surface area contributed by atoms with Gasteiger partial charge in [-0.05, 0) is 37.6 Å². The van der Waals surface area contributed by atoms with E-state index in [9.17, 15) is 9.59 Å². The number of carbonyl (C=O) groups excluding carboxylic acids is 2. The van der Waals surface area contributed by atoms with Gasteiger partial charge in [0.1, 0.15) is 11.4 Å². The molecule has 0 saturated heterocycles. The molecule has 0 spiro atoms. The van der Waals surface area contributed by atoms with Gasteiger partial charge in [0.05, 0.1) is 18.4 Å². The van der Waals surface area contributed by atoms with Crippen molar-refractivity contribution in [3.8, 4) is 5.75 Å². The van der Waals surface area contributed by atoms with Crippen LogP contribution in [0.1, 0.15) is 18.1 Å². The van der Waals surface area contributed by atoms with Gasteiger partial charge in [-0.15, -0.1) is 0 Å². The van der Waals surface area contributed by atoms with E-state index in [2.05, 4.69) is 5.32 Å². The summed E-state index contributed by atoms with van der Waals surface area (Å²) < 4.78 is 5.33. The highest BCUT2D eigenvalue weighted by molar-refractivity contribution is 6.36. The number of carbonyl (C=O) groups is 2. The number of nitrogens with one attached hydrogen (secondary N) is 1. The van der Waals surface area contributed by atoms with Crippen molar-refractivity contribution in [3.63, 3.8) is 0 Å². The number of hydrogen-bond donors (Lipinski definition) is 1. The first kappa shape index (κ1) is 18.0. The molecule has 2 aromatic carbocycles. The molecule has 3 rings (SSSR count). The Morgan fingerprint density at radius 3 is 2.38 bits per heavy atom. The summed E-state index contributed by atoms with van der Waals surface area (Å²) in [6.45, 7) is 4.03. The van der Waals surface area contributed by atoms with Gasteiger partial charge in [0, 0.05) is 11.6 Å². The van der Waals surface area contributed by atoms with Gasteiger partial charge in [0.15, 0.2) is 0 Å². The van der Waals surface area contributed by atoms with E-state index in [-0.39, 0.29) is 17.5 Å². The largest absolute Gasteiger partial charge is 0.495 e. The number of ether oxygens (including phenoxy) is 1. The van der Waals surface area contributed by atoms with Crippen molar-refractivity contribution in [2.75, 3.05) is 19.0 Å². The molecule has 1 aliphatic heterocycles. The first-order chi connectivity index (χ1) is 12.5. The van der Waals surface area contributed by atoms with Crippen LogP contribution in [-0.4, -0.2) is 30.4 Å². The lowest BCUT2D eigenvalue weighted by Gasteiger charge is -2.14. The molecule has 0 saturated carbocycles. The summed E-state index contributed by atoms with van der Waals surface area (Å²) in [6, 6.07) is 12.6. The minimum absolute atomic E-state index is 0.223. The topological polar surface area (TPSA) is 58.6 Å². The van der Waals surface area contributed by atoms with Crippen LogP contribution in [0.25, 0.3) is 5.57 Å². The zero-order valence-corrected chi connectivity index (χ0v) is 15.6. The molecule has 0 bridgehead atoms. The summed E-state index contributed by atoms with van der Waals surface area (Å²) >= 11 is 6.08. The van der Waals surface area contributed by atoms with E-state index in [1.807, 2.05) is 31.2 Å². The van der Waals surface area contributed by atoms with Gasteiger partial charge < -0.3 is 10.1 Å². The quantitative estimate of drug-likeness (QED) is 0.812. The van der Waals surface area contributed by atoms with Crippen LogP contribution in [-0.2, 0) is 9.59 Å². The predicted molar refractivity (Wildman–Crippen MR) is 102 cm³/mol. The number of amides is 2. The molecule has 134 valence electrons. The molecule has 2 aromatic rings. The first-order valence-electron chi connectivity index (χ1n) is 8.24. The Labute approximate surface area is 157 Å². The third-order valence-electron chi connectivity index (χ3n) is 4.25. The van der Waals surface area contributed by atoms with E-state index < -0.39 is 0 Å². The molecule has 0 aromatic heterocycles. The molecule has 6 heteroatoms. The van der Waals surface area contributed by atoms with Crippen molar-refractivity contribution in [3.05, 3.63) is 64.3 Å². The Morgan fingerprint density at radius 2 is 1.77 bits per heavy atom. The van der Waals surface area contributed by atoms with Crippen LogP contribution in [0.4, 0.5) is 5.69 Å². The van der Waals surface area contributed by atoms with Gasteiger partial charge in [-0.1, -0.05) is 41.4 Å². The van der Waals surface area contributed by atoms with Crippen molar-refractivity contribution in [1.82, 2.24) is 4.90 Å². The monoisotopic (exact) mass is 370 g/mol. The second-order valence-electron chi connectivity index (χ2n) is 5.94. The Morgan fingerprint density at radius 1 is 1.08 bits per heavy atom. The SMILES string of the molecule is CCN1C(=O)C(Nc2cc(Cl)ccc2OC)=C(c2ccc(C)cc2)C1=O. The minimum Gasteiger partial charge on any atom is -0.495 e. The number of anilines is 1. The van der Waals surface area contributed by atoms with E-state index in [1.54, 1.807) is 25.1 Å². The van der Waals surface area contributed by atoms with Crippen LogP contribution in [0.2, 0.25) is 5.02 Å². The van der Waals surface area contributed by atoms with Gasteiger partial charge in [-0.2, -0.15) is 0 Å². The van der Waals surface area contributed by atoms with Crippen molar-refractivity contribution in [2.24, 2.45) is 0 Å². The third-order valence-corrected chi connectivity index (χ3v) is 4.48. The molecule has 1 aliphatic rings. The van der Waals surface area contributed by atoms with Crippen molar-refractivity contribution >= 4 is 34.7 Å². The van der Waals surface area contributed by atoms with Gasteiger partial charge >= 0.3 is 0 Å². The molecule has 0 unspecified atom stereocenters. The van der Waals surface area contributed by atoms with Crippen molar-refractivity contribution < 1.29 is 14.3 Å². The van der Waals surface area contributed by atoms with Gasteiger partial charge in [-0.3, -0.25) is 14.5 Å². The van der Waals surface area contributed by atoms with E-state index in [4.69, 9.17) is 16.3 Å². The summed E-state index contributed by atoms with van der Waals surface area (Å²) in [5.74, 6) is -0.152. The number of aryl methyl sites for hydroxylation is 1. The number of likely N-dealkylation sites (N-methyl/N-ethyl adjacent to an activating group) is 1. The van der Waals surface area contributed by atoms with E-state index in [0.29, 0.717) is 34.1 Å². The minimum atomic E-state index is -0.366. The zero-order valence-electron chi connectivity index (χ0n) is 14.8. The number of benzene rings is 2. The fraction of sp³-hybridized carbons (Fsp3) is 0.200. The molecular formula is C20H19ClN2O3. The highest BCUT2D eigenvalue weighted by Gasteiger charge is 2.38. The Balaban J connectivity index is 2.13. The van der Waals surface area contributed by atoms with Crippen LogP contribution >= 0.6 is 11.6 Å². The van der Waals surface area contributed by atoms with Gasteiger partial charge in [0.2, 0.25) is 0 Å². The highest BCUT2D eigenvalue weighted by atomic mass is 35.5. The number of halogens is 1. The maximum Gasteiger partial charge on any atom is 0.278 e. The molecule has 0 radical (unpaired) electrons. The summed E-state index contributed by atoms with van der Waals surface area (Å²) in [7, 11) is 1.53. The van der Waals surface area contributed by atoms with Crippen molar-refractivity contribution in [2.45, 2.75) is 13.8 Å². The van der Waals surface area contributed by atoms with E-state index in [0.717, 1.165) is 5.56 Å². The van der Waals surface area contributed by atoms with Crippen LogP contribution in [0.3, 0.4) is 0 Å². The lowest BCUT2D eigenvalue weighted by molar-refractivity contribution is -0.136. The summed E-state index contributed by atoms with van der Waals surface area (Å²) in [5, 5.41) is 3.56. The number of nitrogens with zero attached hydrogens (tertiary/aromatic N) is 1. The standard InChI is InChI=1S/C20H19ClN2O3/c1-4-23-19(24)17(13-7-5-12(2)6-8-13)18(20(23)25)22-15-11-14(21)9-10-16(15)26-3/h5-11,22H,4H2,1-3H3. The molecule has 2 amide bonds. The average molecular weight is 371 g/mol. The van der Waals surface area contributed by atoms with Gasteiger partial charge in [-0.25, -0.2) is 0 Å². The summed E-state index contributed by atoms with van der Waals surface area (Å²) in [6.07, 6.45) is 0. The number of rotatable bonds is 5. The predicted octanol–water partition coefficient (Wildman–Crippen LogP) is 3.87. The molecule has 1 N–H and O–H groups in total. The van der Waals surface area contributed by atoms with Crippen LogP contribution in [0.15, 0.2) is 48.2 Å². The fourth-order valence-corrected chi connectivity index (χ4v) is 3.05. The second-order valence-corrected chi connectivity index (χ2v) is 6.38. The number of hydrogen-bond acceptors (Lipinski definition) is 4. The molecular weight excluding hydrogens is 352 g/mol. The molecule has 26 heavy (non-hydrogen) atoms. The van der Waals surface area contributed by atoms with E-state index >= 15 is 0 Å². The maximum atomic E-state index is 12.8. The number of methoxy groups -OCH3 is 1. The fourth-order valence-electron chi connectivity index (χ4n) is 2.88. The molecule has 5 nitrogen and oxygen atoms in total. The van der Waals surface area contributed by atoms with Crippen LogP contribution in [0, 0.1) is 6.92 Å². The van der Waals surface area contributed by atoms with Crippen LogP contribution in [0.5, 0.6) is 5.75 Å². The average Bonchev–Trinajstić information content (AvgIpc) is 2.86. The summed E-state index contributed by atoms with van der Waals surface area (Å²) in [4.78, 5) is 26.8. The third kappa shape index (κ3) is 3.18. The Bertz CT molecular complexity index is 904. The van der Waals surface area contributed by atoms with Crippen molar-refractivity contribution in [1.29, 1.82) is 0 Å². The smallest absolute Gasteiger partial charge is 0.278 e.